The number of imidazole rings is 1. The largest absolute Gasteiger partial charge is 0.336 e. The first-order valence-corrected chi connectivity index (χ1v) is 8.97. The average Bonchev–Trinajstić information content (AvgIpc) is 2.87. The molecule has 1 fully saturated rings. The van der Waals surface area contributed by atoms with Crippen LogP contribution in [0.25, 0.3) is 0 Å². The number of rotatable bonds is 3. The van der Waals surface area contributed by atoms with E-state index in [1.54, 1.807) is 0 Å². The van der Waals surface area contributed by atoms with Gasteiger partial charge in [-0.15, -0.1) is 0 Å². The number of hydrogen-bond acceptors (Lipinski definition) is 4. The summed E-state index contributed by atoms with van der Waals surface area (Å²) >= 11 is 0. The predicted octanol–water partition coefficient (Wildman–Crippen LogP) is 0.680. The van der Waals surface area contributed by atoms with Crippen LogP contribution in [0.15, 0.2) is 12.4 Å². The molecule has 7 nitrogen and oxygen atoms in total. The number of fused-ring (bicyclic) bond motifs is 1. The number of urea groups is 1. The quantitative estimate of drug-likeness (QED) is 0.883. The van der Waals surface area contributed by atoms with Crippen LogP contribution in [-0.4, -0.2) is 82.6 Å². The van der Waals surface area contributed by atoms with E-state index in [-0.39, 0.29) is 12.1 Å². The van der Waals surface area contributed by atoms with Crippen molar-refractivity contribution in [2.24, 2.45) is 5.92 Å². The van der Waals surface area contributed by atoms with Crippen molar-refractivity contribution in [3.8, 4) is 0 Å². The summed E-state index contributed by atoms with van der Waals surface area (Å²) in [7, 11) is 2.18. The van der Waals surface area contributed by atoms with Gasteiger partial charge in [0, 0.05) is 70.2 Å². The maximum Gasteiger partial charge on any atom is 0.318 e. The van der Waals surface area contributed by atoms with Gasteiger partial charge in [0.15, 0.2) is 0 Å². The summed E-state index contributed by atoms with van der Waals surface area (Å²) in [5.41, 5.74) is 0. The maximum atomic E-state index is 12.5. The normalized spacial score (nSPS) is 23.2. The maximum absolute atomic E-state index is 12.5. The molecule has 1 saturated heterocycles. The van der Waals surface area contributed by atoms with Crippen molar-refractivity contribution in [2.45, 2.75) is 33.0 Å². The molecule has 7 heteroatoms. The predicted molar refractivity (Wildman–Crippen MR) is 93.7 cm³/mol. The summed E-state index contributed by atoms with van der Waals surface area (Å²) in [6.07, 6.45) is 3.88. The highest BCUT2D eigenvalue weighted by Gasteiger charge is 2.27. The molecule has 3 rings (SSSR count). The minimum absolute atomic E-state index is 0.0184. The average molecular weight is 334 g/mol. The van der Waals surface area contributed by atoms with Crippen LogP contribution in [0.1, 0.15) is 19.7 Å². The summed E-state index contributed by atoms with van der Waals surface area (Å²) in [4.78, 5) is 23.8. The van der Waals surface area contributed by atoms with Gasteiger partial charge in [-0.05, 0) is 20.9 Å². The third-order valence-electron chi connectivity index (χ3n) is 4.88. The van der Waals surface area contributed by atoms with Crippen LogP contribution < -0.4 is 5.32 Å². The van der Waals surface area contributed by atoms with Crippen LogP contribution in [-0.2, 0) is 13.1 Å². The van der Waals surface area contributed by atoms with E-state index in [4.69, 9.17) is 0 Å². The molecule has 0 saturated carbocycles. The molecule has 1 aromatic heterocycles. The lowest BCUT2D eigenvalue weighted by Crippen LogP contribution is -2.49. The van der Waals surface area contributed by atoms with E-state index >= 15 is 0 Å². The van der Waals surface area contributed by atoms with Crippen molar-refractivity contribution >= 4 is 6.03 Å². The smallest absolute Gasteiger partial charge is 0.318 e. The third kappa shape index (κ3) is 4.27. The molecule has 1 aromatic rings. The van der Waals surface area contributed by atoms with Gasteiger partial charge in [0.25, 0.3) is 0 Å². The van der Waals surface area contributed by atoms with Crippen LogP contribution >= 0.6 is 0 Å². The lowest BCUT2D eigenvalue weighted by Gasteiger charge is -2.35. The fraction of sp³-hybridized carbons (Fsp3) is 0.765. The van der Waals surface area contributed by atoms with Crippen LogP contribution in [0.5, 0.6) is 0 Å². The Balaban J connectivity index is 1.68. The molecule has 2 aliphatic rings. The number of carbonyl (C=O) groups excluding carboxylic acids is 1. The number of aromatic nitrogens is 2. The molecule has 1 atom stereocenters. The van der Waals surface area contributed by atoms with E-state index in [2.05, 4.69) is 31.7 Å². The van der Waals surface area contributed by atoms with Gasteiger partial charge < -0.3 is 24.6 Å². The molecule has 0 radical (unpaired) electrons. The Morgan fingerprint density at radius 1 is 1.29 bits per heavy atom. The molecule has 1 N–H and O–H groups in total. The van der Waals surface area contributed by atoms with Crippen molar-refractivity contribution in [1.82, 2.24) is 29.6 Å². The zero-order valence-electron chi connectivity index (χ0n) is 15.1. The Bertz CT molecular complexity index is 549. The summed E-state index contributed by atoms with van der Waals surface area (Å²) in [5.74, 6) is 1.41. The topological polar surface area (TPSA) is 56.6 Å². The Kier molecular flexibility index (Phi) is 5.40. The summed E-state index contributed by atoms with van der Waals surface area (Å²) in [5, 5.41) is 3.02. The number of amides is 2. The zero-order valence-corrected chi connectivity index (χ0v) is 15.1. The van der Waals surface area contributed by atoms with Crippen LogP contribution in [0, 0.1) is 5.92 Å². The zero-order chi connectivity index (χ0) is 17.1. The molecule has 24 heavy (non-hydrogen) atoms. The number of likely N-dealkylation sites (N-methyl/N-ethyl adjacent to an activating group) is 1. The van der Waals surface area contributed by atoms with E-state index in [0.29, 0.717) is 12.5 Å². The molecule has 0 aromatic carbocycles. The molecule has 0 bridgehead atoms. The van der Waals surface area contributed by atoms with Gasteiger partial charge in [-0.2, -0.15) is 0 Å². The van der Waals surface area contributed by atoms with E-state index in [9.17, 15) is 4.79 Å². The van der Waals surface area contributed by atoms with Crippen LogP contribution in [0.2, 0.25) is 0 Å². The highest BCUT2D eigenvalue weighted by atomic mass is 16.2. The SMILES string of the molecule is CC(C)NC(=O)N1Cc2nccn2C[C@@H](CN2CCN(C)CC2)C1. The van der Waals surface area contributed by atoms with Gasteiger partial charge in [-0.25, -0.2) is 9.78 Å². The Morgan fingerprint density at radius 3 is 2.75 bits per heavy atom. The highest BCUT2D eigenvalue weighted by Crippen LogP contribution is 2.17. The van der Waals surface area contributed by atoms with Crippen LogP contribution in [0.3, 0.4) is 0 Å². The second kappa shape index (κ2) is 7.53. The molecule has 3 heterocycles. The van der Waals surface area contributed by atoms with Gasteiger partial charge in [-0.3, -0.25) is 0 Å². The van der Waals surface area contributed by atoms with Gasteiger partial charge in [0.1, 0.15) is 5.82 Å². The first-order chi connectivity index (χ1) is 11.5. The third-order valence-corrected chi connectivity index (χ3v) is 4.88. The first-order valence-electron chi connectivity index (χ1n) is 8.97. The van der Waals surface area contributed by atoms with Crippen molar-refractivity contribution in [2.75, 3.05) is 46.3 Å². The molecular formula is C17H30N6O. The first kappa shape index (κ1) is 17.2. The molecule has 2 aliphatic heterocycles. The molecule has 2 amide bonds. The monoisotopic (exact) mass is 334 g/mol. The molecule has 0 aliphatic carbocycles. The van der Waals surface area contributed by atoms with E-state index < -0.39 is 0 Å². The van der Waals surface area contributed by atoms with Crippen LogP contribution in [0.4, 0.5) is 4.79 Å². The summed E-state index contributed by atoms with van der Waals surface area (Å²) in [6, 6.07) is 0.168. The standard InChI is InChI=1S/C17H30N6O/c1-14(2)19-17(24)23-12-15(10-21-8-6-20(3)7-9-21)11-22-5-4-18-16(22)13-23/h4-5,14-15H,6-13H2,1-3H3,(H,19,24)/t15-/m1/s1. The lowest BCUT2D eigenvalue weighted by atomic mass is 10.1. The Hall–Kier alpha value is -1.60. The van der Waals surface area contributed by atoms with Crippen molar-refractivity contribution in [3.05, 3.63) is 18.2 Å². The van der Waals surface area contributed by atoms with E-state index in [0.717, 1.165) is 51.6 Å². The van der Waals surface area contributed by atoms with Crippen molar-refractivity contribution in [3.63, 3.8) is 0 Å². The van der Waals surface area contributed by atoms with Gasteiger partial charge in [0.05, 0.1) is 6.54 Å². The highest BCUT2D eigenvalue weighted by molar-refractivity contribution is 5.74. The summed E-state index contributed by atoms with van der Waals surface area (Å²) < 4.78 is 2.21. The molecule has 0 unspecified atom stereocenters. The summed E-state index contributed by atoms with van der Waals surface area (Å²) in [6.45, 7) is 11.8. The van der Waals surface area contributed by atoms with E-state index in [1.165, 1.54) is 0 Å². The fourth-order valence-corrected chi connectivity index (χ4v) is 3.54. The fourth-order valence-electron chi connectivity index (χ4n) is 3.54. The lowest BCUT2D eigenvalue weighted by molar-refractivity contribution is 0.120. The Morgan fingerprint density at radius 2 is 2.04 bits per heavy atom. The minimum Gasteiger partial charge on any atom is -0.336 e. The van der Waals surface area contributed by atoms with Gasteiger partial charge in [-0.1, -0.05) is 0 Å². The minimum atomic E-state index is 0.0184. The van der Waals surface area contributed by atoms with Crippen molar-refractivity contribution < 1.29 is 4.79 Å². The van der Waals surface area contributed by atoms with Gasteiger partial charge >= 0.3 is 6.03 Å². The van der Waals surface area contributed by atoms with Crippen molar-refractivity contribution in [1.29, 1.82) is 0 Å². The number of nitrogens with one attached hydrogen (secondary N) is 1. The number of nitrogens with zero attached hydrogens (tertiary/aromatic N) is 5. The Labute approximate surface area is 144 Å². The molecule has 0 spiro atoms. The molecular weight excluding hydrogens is 304 g/mol. The second-order valence-corrected chi connectivity index (χ2v) is 7.45. The molecule has 134 valence electrons. The number of hydrogen-bond donors (Lipinski definition) is 1. The second-order valence-electron chi connectivity index (χ2n) is 7.45. The van der Waals surface area contributed by atoms with Gasteiger partial charge in [0.2, 0.25) is 0 Å². The number of carbonyl (C=O) groups is 1. The number of piperazine rings is 1. The van der Waals surface area contributed by atoms with E-state index in [1.807, 2.05) is 31.1 Å².